The molecule has 4 aromatic rings. The van der Waals surface area contributed by atoms with E-state index in [9.17, 15) is 18.0 Å². The molecule has 220 valence electrons. The minimum atomic E-state index is -4.90. The third-order valence-corrected chi connectivity index (χ3v) is 7.98. The van der Waals surface area contributed by atoms with Crippen molar-refractivity contribution in [3.63, 3.8) is 0 Å². The molecule has 4 unspecified atom stereocenters. The van der Waals surface area contributed by atoms with Gasteiger partial charge in [-0.2, -0.15) is 28.7 Å². The van der Waals surface area contributed by atoms with E-state index in [0.717, 1.165) is 0 Å². The lowest BCUT2D eigenvalue weighted by Gasteiger charge is -2.26. The lowest BCUT2D eigenvalue weighted by atomic mass is 10.2. The Kier molecular flexibility index (Phi) is 5.55. The van der Waals surface area contributed by atoms with E-state index >= 15 is 0 Å². The molecule has 19 heteroatoms. The lowest BCUT2D eigenvalue weighted by molar-refractivity contribution is -0.0726. The van der Waals surface area contributed by atoms with Crippen LogP contribution in [0.3, 0.4) is 0 Å². The van der Waals surface area contributed by atoms with Gasteiger partial charge in [0.25, 0.3) is 0 Å². The van der Waals surface area contributed by atoms with Gasteiger partial charge >= 0.3 is 22.5 Å². The standard InChI is InChI=1S/C24H20N10O8S/c35-23-29-13-15(1-3-19(29)31-9-5-17(27-31)21-25-7-11-39-21)33(23)41-43(37,38)42-34-16-2-4-20(30(14-16)24(34)36)32-10-6-18(28-32)22-26-8-12-40-22/h1-12,15-16,19-20H,13-14H2. The summed E-state index contributed by atoms with van der Waals surface area (Å²) in [6.45, 7) is 0.263. The first-order valence-electron chi connectivity index (χ1n) is 13.0. The molecule has 8 rings (SSSR count). The lowest BCUT2D eigenvalue weighted by Crippen LogP contribution is -2.41. The van der Waals surface area contributed by atoms with Crippen molar-refractivity contribution in [1.29, 1.82) is 0 Å². The van der Waals surface area contributed by atoms with Gasteiger partial charge in [-0.15, -0.1) is 8.57 Å². The number of urea groups is 2. The molecule has 4 aromatic heterocycles. The number of nitrogens with zero attached hydrogens (tertiary/aromatic N) is 10. The Morgan fingerprint density at radius 1 is 0.721 bits per heavy atom. The molecular formula is C24H20N10O8S. The topological polar surface area (TPSA) is 187 Å². The molecule has 4 atom stereocenters. The maximum Gasteiger partial charge on any atom is 0.442 e. The number of hydroxylamine groups is 4. The van der Waals surface area contributed by atoms with E-state index in [1.54, 1.807) is 48.8 Å². The van der Waals surface area contributed by atoms with Crippen LogP contribution in [0.15, 0.2) is 82.6 Å². The second kappa shape index (κ2) is 9.37. The summed E-state index contributed by atoms with van der Waals surface area (Å²) < 4.78 is 49.8. The number of hydrogen-bond donors (Lipinski definition) is 0. The fourth-order valence-corrected chi connectivity index (χ4v) is 6.14. The number of aromatic nitrogens is 6. The van der Waals surface area contributed by atoms with Crippen molar-refractivity contribution in [2.24, 2.45) is 0 Å². The van der Waals surface area contributed by atoms with Crippen LogP contribution in [0, 0.1) is 0 Å². The minimum absolute atomic E-state index is 0.132. The molecule has 0 radical (unpaired) electrons. The molecule has 0 saturated carbocycles. The fraction of sp³-hybridized carbons (Fsp3) is 0.250. The Morgan fingerprint density at radius 2 is 1.19 bits per heavy atom. The van der Waals surface area contributed by atoms with Crippen LogP contribution in [0.1, 0.15) is 12.3 Å². The van der Waals surface area contributed by atoms with Gasteiger partial charge in [-0.25, -0.2) is 28.9 Å². The molecule has 4 amide bonds. The second-order valence-corrected chi connectivity index (χ2v) is 11.0. The third kappa shape index (κ3) is 4.20. The van der Waals surface area contributed by atoms with Crippen LogP contribution >= 0.6 is 0 Å². The highest BCUT2D eigenvalue weighted by Crippen LogP contribution is 2.34. The molecule has 43 heavy (non-hydrogen) atoms. The van der Waals surface area contributed by atoms with Gasteiger partial charge in [-0.05, 0) is 24.3 Å². The fourth-order valence-electron chi connectivity index (χ4n) is 5.37. The van der Waals surface area contributed by atoms with E-state index in [1.807, 2.05) is 0 Å². The van der Waals surface area contributed by atoms with Gasteiger partial charge in [-0.3, -0.25) is 9.80 Å². The van der Waals surface area contributed by atoms with E-state index in [2.05, 4.69) is 20.2 Å². The molecule has 4 aliphatic heterocycles. The summed E-state index contributed by atoms with van der Waals surface area (Å²) in [7, 11) is -4.90. The van der Waals surface area contributed by atoms with Crippen molar-refractivity contribution >= 4 is 22.5 Å². The zero-order chi connectivity index (χ0) is 29.3. The average molecular weight is 609 g/mol. The maximum absolute atomic E-state index is 13.2. The number of oxazole rings is 2. The van der Waals surface area contributed by atoms with E-state index in [4.69, 9.17) is 17.4 Å². The van der Waals surface area contributed by atoms with E-state index in [-0.39, 0.29) is 13.1 Å². The van der Waals surface area contributed by atoms with Crippen molar-refractivity contribution in [2.75, 3.05) is 13.1 Å². The summed E-state index contributed by atoms with van der Waals surface area (Å²) in [6.07, 6.45) is 14.5. The molecule has 2 saturated heterocycles. The van der Waals surface area contributed by atoms with Crippen LogP contribution in [-0.2, 0) is 19.0 Å². The SMILES string of the molecule is O=C1N2CC(C=CC2n2ccc(-c3ncco3)n2)N1OS(=O)(=O)ON1C(=O)N2CC1C=CC2n1ccc(-c2ncco2)n1. The highest BCUT2D eigenvalue weighted by Gasteiger charge is 2.49. The first kappa shape index (κ1) is 25.4. The summed E-state index contributed by atoms with van der Waals surface area (Å²) >= 11 is 0. The van der Waals surface area contributed by atoms with Crippen molar-refractivity contribution in [3.05, 3.63) is 73.8 Å². The Hall–Kier alpha value is -5.27. The van der Waals surface area contributed by atoms with Crippen molar-refractivity contribution < 1.29 is 35.4 Å². The normalized spacial score (nSPS) is 24.7. The van der Waals surface area contributed by atoms with Gasteiger partial charge in [0, 0.05) is 12.4 Å². The number of rotatable bonds is 8. The number of carbonyl (C=O) groups is 2. The maximum atomic E-state index is 13.2. The molecule has 0 spiro atoms. The van der Waals surface area contributed by atoms with Crippen molar-refractivity contribution in [2.45, 2.75) is 24.4 Å². The van der Waals surface area contributed by atoms with Crippen LogP contribution in [-0.4, -0.2) is 95.1 Å². The highest BCUT2D eigenvalue weighted by molar-refractivity contribution is 7.81. The smallest absolute Gasteiger partial charge is 0.442 e. The number of fused-ring (bicyclic) bond motifs is 4. The van der Waals surface area contributed by atoms with Crippen molar-refractivity contribution in [1.82, 2.24) is 49.5 Å². The molecule has 18 nitrogen and oxygen atoms in total. The zero-order valence-electron chi connectivity index (χ0n) is 21.8. The molecule has 0 aromatic carbocycles. The minimum Gasteiger partial charge on any atom is -0.443 e. The van der Waals surface area contributed by atoms with Gasteiger partial charge in [0.2, 0.25) is 11.8 Å². The van der Waals surface area contributed by atoms with Gasteiger partial charge in [-0.1, -0.05) is 12.2 Å². The molecule has 2 fully saturated rings. The predicted molar refractivity (Wildman–Crippen MR) is 138 cm³/mol. The Bertz CT molecular complexity index is 1740. The molecule has 8 heterocycles. The van der Waals surface area contributed by atoms with Crippen LogP contribution in [0.25, 0.3) is 23.2 Å². The first-order valence-corrected chi connectivity index (χ1v) is 14.3. The van der Waals surface area contributed by atoms with Crippen LogP contribution in [0.5, 0.6) is 0 Å². The van der Waals surface area contributed by atoms with Crippen LogP contribution < -0.4 is 0 Å². The third-order valence-electron chi connectivity index (χ3n) is 7.29. The summed E-state index contributed by atoms with van der Waals surface area (Å²) in [5.41, 5.74) is 0.928. The highest BCUT2D eigenvalue weighted by atomic mass is 32.3. The molecule has 4 bridgehead atoms. The summed E-state index contributed by atoms with van der Waals surface area (Å²) in [6, 6.07) is 0.468. The van der Waals surface area contributed by atoms with Crippen LogP contribution in [0.4, 0.5) is 9.59 Å². The van der Waals surface area contributed by atoms with Crippen molar-refractivity contribution in [3.8, 4) is 23.2 Å². The molecular weight excluding hydrogens is 588 g/mol. The Balaban J connectivity index is 0.946. The molecule has 4 aliphatic rings. The number of carbonyl (C=O) groups excluding carboxylic acids is 2. The van der Waals surface area contributed by atoms with Gasteiger partial charge < -0.3 is 8.83 Å². The number of amides is 4. The van der Waals surface area contributed by atoms with E-state index in [1.165, 1.54) is 44.1 Å². The van der Waals surface area contributed by atoms with Gasteiger partial charge in [0.05, 0.1) is 37.6 Å². The monoisotopic (exact) mass is 608 g/mol. The summed E-state index contributed by atoms with van der Waals surface area (Å²) in [4.78, 5) is 37.4. The van der Waals surface area contributed by atoms with Gasteiger partial charge in [0.1, 0.15) is 36.2 Å². The average Bonchev–Trinajstić information content (AvgIpc) is 3.84. The molecule has 0 N–H and O–H groups in total. The summed E-state index contributed by atoms with van der Waals surface area (Å²) in [5, 5.41) is 10.2. The molecule has 0 aliphatic carbocycles. The van der Waals surface area contributed by atoms with Crippen LogP contribution in [0.2, 0.25) is 0 Å². The summed E-state index contributed by atoms with van der Waals surface area (Å²) in [5.74, 6) is 0.632. The Morgan fingerprint density at radius 3 is 1.60 bits per heavy atom. The second-order valence-electron chi connectivity index (χ2n) is 9.85. The van der Waals surface area contributed by atoms with E-state index in [0.29, 0.717) is 33.3 Å². The van der Waals surface area contributed by atoms with E-state index < -0.39 is 46.9 Å². The quantitative estimate of drug-likeness (QED) is 0.263. The largest absolute Gasteiger partial charge is 0.443 e. The predicted octanol–water partition coefficient (Wildman–Crippen LogP) is 1.55. The zero-order valence-corrected chi connectivity index (χ0v) is 22.6. The van der Waals surface area contributed by atoms with Gasteiger partial charge in [0.15, 0.2) is 0 Å². The Labute approximate surface area is 241 Å². The first-order chi connectivity index (χ1) is 20.8. The number of hydrogen-bond acceptors (Lipinski definition) is 12.